The molecule has 0 fully saturated rings. The van der Waals surface area contributed by atoms with Crippen LogP contribution in [0.25, 0.3) is 10.9 Å². The van der Waals surface area contributed by atoms with Gasteiger partial charge < -0.3 is 10.3 Å². The van der Waals surface area contributed by atoms with E-state index < -0.39 is 0 Å². The highest BCUT2D eigenvalue weighted by molar-refractivity contribution is 5.84. The number of rotatable bonds is 9. The first-order chi connectivity index (χ1) is 10.3. The van der Waals surface area contributed by atoms with Gasteiger partial charge in [-0.15, -0.1) is 0 Å². The highest BCUT2D eigenvalue weighted by atomic mass is 15.0. The number of para-hydroxylation sites is 1. The third-order valence-corrected chi connectivity index (χ3v) is 4.38. The molecule has 2 rings (SSSR count). The van der Waals surface area contributed by atoms with E-state index in [4.69, 9.17) is 5.73 Å². The Kier molecular flexibility index (Phi) is 6.31. The monoisotopic (exact) mass is 286 g/mol. The number of hydrogen-bond acceptors (Lipinski definition) is 1. The highest BCUT2D eigenvalue weighted by Gasteiger charge is 2.10. The summed E-state index contributed by atoms with van der Waals surface area (Å²) in [5.41, 5.74) is 8.93. The molecule has 0 aliphatic heterocycles. The summed E-state index contributed by atoms with van der Waals surface area (Å²) in [6, 6.07) is 9.02. The number of hydrogen-bond donors (Lipinski definition) is 1. The van der Waals surface area contributed by atoms with E-state index in [0.717, 1.165) is 19.4 Å². The summed E-state index contributed by atoms with van der Waals surface area (Å²) in [4.78, 5) is 0. The fraction of sp³-hybridized carbons (Fsp3) is 0.579. The van der Waals surface area contributed by atoms with E-state index in [-0.39, 0.29) is 6.04 Å². The fourth-order valence-electron chi connectivity index (χ4n) is 2.98. The molecule has 0 aliphatic carbocycles. The predicted molar refractivity (Wildman–Crippen MR) is 92.7 cm³/mol. The average molecular weight is 286 g/mol. The number of unbranched alkanes of at least 4 members (excludes halogenated alkanes) is 4. The number of benzene rings is 1. The molecule has 0 amide bonds. The molecule has 21 heavy (non-hydrogen) atoms. The molecule has 116 valence electrons. The fourth-order valence-corrected chi connectivity index (χ4v) is 2.98. The van der Waals surface area contributed by atoms with Gasteiger partial charge in [-0.05, 0) is 30.9 Å². The van der Waals surface area contributed by atoms with Gasteiger partial charge in [0.15, 0.2) is 0 Å². The molecule has 0 spiro atoms. The molecule has 1 atom stereocenters. The Bertz CT molecular complexity index is 541. The first-order valence-electron chi connectivity index (χ1n) is 8.58. The van der Waals surface area contributed by atoms with Crippen LogP contribution in [0.15, 0.2) is 30.5 Å². The zero-order chi connectivity index (χ0) is 15.1. The molecular formula is C19H30N2. The minimum Gasteiger partial charge on any atom is -0.347 e. The van der Waals surface area contributed by atoms with Crippen molar-refractivity contribution in [3.63, 3.8) is 0 Å². The summed E-state index contributed by atoms with van der Waals surface area (Å²) >= 11 is 0. The molecule has 1 aromatic carbocycles. The predicted octanol–water partition coefficient (Wildman–Crippen LogP) is 4.89. The summed E-state index contributed by atoms with van der Waals surface area (Å²) in [7, 11) is 0. The largest absolute Gasteiger partial charge is 0.347 e. The molecule has 2 heteroatoms. The van der Waals surface area contributed by atoms with Crippen LogP contribution in [-0.4, -0.2) is 10.6 Å². The number of nitrogens with zero attached hydrogens (tertiary/aromatic N) is 1. The summed E-state index contributed by atoms with van der Waals surface area (Å²) in [6.07, 6.45) is 11.0. The van der Waals surface area contributed by atoms with E-state index in [1.54, 1.807) is 0 Å². The molecule has 1 aromatic heterocycles. The normalized spacial score (nSPS) is 12.9. The molecule has 0 radical (unpaired) electrons. The minimum atomic E-state index is 0.272. The van der Waals surface area contributed by atoms with Crippen LogP contribution in [0.5, 0.6) is 0 Å². The zero-order valence-electron chi connectivity index (χ0n) is 13.6. The summed E-state index contributed by atoms with van der Waals surface area (Å²) in [5.74, 6) is 0. The van der Waals surface area contributed by atoms with Crippen molar-refractivity contribution in [2.75, 3.05) is 0 Å². The Labute approximate surface area is 129 Å². The van der Waals surface area contributed by atoms with Gasteiger partial charge in [0.25, 0.3) is 0 Å². The van der Waals surface area contributed by atoms with Crippen LogP contribution in [0.4, 0.5) is 0 Å². The molecule has 1 unspecified atom stereocenters. The van der Waals surface area contributed by atoms with Gasteiger partial charge in [-0.25, -0.2) is 0 Å². The molecule has 0 saturated heterocycles. The second kappa shape index (κ2) is 8.23. The second-order valence-corrected chi connectivity index (χ2v) is 6.15. The summed E-state index contributed by atoms with van der Waals surface area (Å²) < 4.78 is 2.43. The van der Waals surface area contributed by atoms with Crippen LogP contribution in [0.2, 0.25) is 0 Å². The summed E-state index contributed by atoms with van der Waals surface area (Å²) in [6.45, 7) is 5.56. The van der Waals surface area contributed by atoms with Crippen molar-refractivity contribution in [1.29, 1.82) is 0 Å². The maximum atomic E-state index is 6.15. The van der Waals surface area contributed by atoms with Crippen molar-refractivity contribution in [2.45, 2.75) is 71.4 Å². The van der Waals surface area contributed by atoms with Gasteiger partial charge in [0.2, 0.25) is 0 Å². The van der Waals surface area contributed by atoms with E-state index in [1.165, 1.54) is 48.6 Å². The van der Waals surface area contributed by atoms with Crippen LogP contribution >= 0.6 is 0 Å². The topological polar surface area (TPSA) is 30.9 Å². The van der Waals surface area contributed by atoms with Crippen molar-refractivity contribution < 1.29 is 0 Å². The van der Waals surface area contributed by atoms with E-state index in [2.05, 4.69) is 48.9 Å². The molecule has 0 bridgehead atoms. The third-order valence-electron chi connectivity index (χ3n) is 4.38. The SMILES string of the molecule is CCCCCCCn1cc(CC(N)CC)c2ccccc21. The maximum absolute atomic E-state index is 6.15. The van der Waals surface area contributed by atoms with Crippen LogP contribution in [0.3, 0.4) is 0 Å². The Balaban J connectivity index is 2.08. The first kappa shape index (κ1) is 16.1. The van der Waals surface area contributed by atoms with Crippen LogP contribution < -0.4 is 5.73 Å². The lowest BCUT2D eigenvalue weighted by molar-refractivity contribution is 0.575. The Morgan fingerprint density at radius 3 is 2.57 bits per heavy atom. The Morgan fingerprint density at radius 1 is 1.05 bits per heavy atom. The lowest BCUT2D eigenvalue weighted by Gasteiger charge is -2.06. The highest BCUT2D eigenvalue weighted by Crippen LogP contribution is 2.23. The van der Waals surface area contributed by atoms with Crippen molar-refractivity contribution in [3.05, 3.63) is 36.0 Å². The Hall–Kier alpha value is -1.28. The van der Waals surface area contributed by atoms with Crippen LogP contribution in [0.1, 0.15) is 57.9 Å². The van der Waals surface area contributed by atoms with E-state index in [0.29, 0.717) is 0 Å². The van der Waals surface area contributed by atoms with Crippen LogP contribution in [0, 0.1) is 0 Å². The summed E-state index contributed by atoms with van der Waals surface area (Å²) in [5, 5.41) is 1.38. The molecule has 2 aromatic rings. The lowest BCUT2D eigenvalue weighted by atomic mass is 10.0. The molecule has 0 saturated carbocycles. The second-order valence-electron chi connectivity index (χ2n) is 6.15. The lowest BCUT2D eigenvalue weighted by Crippen LogP contribution is -2.21. The minimum absolute atomic E-state index is 0.272. The standard InChI is InChI=1S/C19H30N2/c1-3-5-6-7-10-13-21-15-16(14-17(20)4-2)18-11-8-9-12-19(18)21/h8-9,11-12,15,17H,3-7,10,13-14,20H2,1-2H3. The molecular weight excluding hydrogens is 256 g/mol. The van der Waals surface area contributed by atoms with Crippen molar-refractivity contribution in [1.82, 2.24) is 4.57 Å². The van der Waals surface area contributed by atoms with Gasteiger partial charge in [-0.2, -0.15) is 0 Å². The van der Waals surface area contributed by atoms with E-state index in [9.17, 15) is 0 Å². The number of aromatic nitrogens is 1. The van der Waals surface area contributed by atoms with E-state index in [1.807, 2.05) is 0 Å². The Morgan fingerprint density at radius 2 is 1.81 bits per heavy atom. The molecule has 2 N–H and O–H groups in total. The van der Waals surface area contributed by atoms with E-state index >= 15 is 0 Å². The number of aryl methyl sites for hydroxylation is 1. The van der Waals surface area contributed by atoms with Crippen molar-refractivity contribution >= 4 is 10.9 Å². The van der Waals surface area contributed by atoms with Gasteiger partial charge in [0.1, 0.15) is 0 Å². The number of nitrogens with two attached hydrogens (primary N) is 1. The van der Waals surface area contributed by atoms with Gasteiger partial charge in [0.05, 0.1) is 0 Å². The average Bonchev–Trinajstić information content (AvgIpc) is 2.85. The van der Waals surface area contributed by atoms with Crippen molar-refractivity contribution in [3.8, 4) is 0 Å². The van der Waals surface area contributed by atoms with Crippen molar-refractivity contribution in [2.24, 2.45) is 5.73 Å². The quantitative estimate of drug-likeness (QED) is 0.654. The molecule has 0 aliphatic rings. The first-order valence-corrected chi connectivity index (χ1v) is 8.58. The maximum Gasteiger partial charge on any atom is 0.0483 e. The number of fused-ring (bicyclic) bond motifs is 1. The van der Waals surface area contributed by atoms with Gasteiger partial charge in [-0.3, -0.25) is 0 Å². The van der Waals surface area contributed by atoms with Gasteiger partial charge >= 0.3 is 0 Å². The smallest absolute Gasteiger partial charge is 0.0483 e. The van der Waals surface area contributed by atoms with Crippen LogP contribution in [-0.2, 0) is 13.0 Å². The van der Waals surface area contributed by atoms with Gasteiger partial charge in [0, 0.05) is 29.7 Å². The van der Waals surface area contributed by atoms with Gasteiger partial charge in [-0.1, -0.05) is 57.7 Å². The third kappa shape index (κ3) is 4.34. The molecule has 2 nitrogen and oxygen atoms in total. The zero-order valence-corrected chi connectivity index (χ0v) is 13.6. The molecule has 1 heterocycles.